The Hall–Kier alpha value is -1.95. The summed E-state index contributed by atoms with van der Waals surface area (Å²) in [6.45, 7) is 6.49. The van der Waals surface area contributed by atoms with Gasteiger partial charge in [0, 0.05) is 18.3 Å². The van der Waals surface area contributed by atoms with Crippen molar-refractivity contribution in [1.29, 1.82) is 0 Å². The van der Waals surface area contributed by atoms with Crippen LogP contribution in [0.4, 0.5) is 0 Å². The highest BCUT2D eigenvalue weighted by atomic mass is 28.3. The van der Waals surface area contributed by atoms with Gasteiger partial charge in [0.1, 0.15) is 6.10 Å². The summed E-state index contributed by atoms with van der Waals surface area (Å²) < 4.78 is 12.5. The molecule has 0 radical (unpaired) electrons. The molecule has 1 heterocycles. The topological polar surface area (TPSA) is 55.8 Å². The van der Waals surface area contributed by atoms with Crippen LogP contribution < -0.4 is 10.4 Å². The summed E-state index contributed by atoms with van der Waals surface area (Å²) in [5.74, 6) is -0.221. The van der Waals surface area contributed by atoms with Crippen LogP contribution in [-0.4, -0.2) is 38.4 Å². The molecule has 5 heteroatoms. The van der Waals surface area contributed by atoms with E-state index < -0.39 is 15.1 Å². The minimum atomic E-state index is -1.98. The molecule has 4 rings (SSSR count). The van der Waals surface area contributed by atoms with Crippen molar-refractivity contribution < 1.29 is 19.1 Å². The first kappa shape index (κ1) is 20.3. The molecule has 1 N–H and O–H groups in total. The zero-order valence-electron chi connectivity index (χ0n) is 17.3. The molecular weight excluding hydrogens is 380 g/mol. The van der Waals surface area contributed by atoms with Crippen molar-refractivity contribution in [3.63, 3.8) is 0 Å². The lowest BCUT2D eigenvalue weighted by molar-refractivity contribution is -0.142. The van der Waals surface area contributed by atoms with Crippen molar-refractivity contribution >= 4 is 25.4 Å². The summed E-state index contributed by atoms with van der Waals surface area (Å²) in [5, 5.41) is 13.3. The summed E-state index contributed by atoms with van der Waals surface area (Å²) in [4.78, 5) is 11.9. The second kappa shape index (κ2) is 8.05. The molecule has 2 fully saturated rings. The van der Waals surface area contributed by atoms with Gasteiger partial charge in [0.2, 0.25) is 9.04 Å². The van der Waals surface area contributed by atoms with Gasteiger partial charge >= 0.3 is 5.97 Å². The average molecular weight is 411 g/mol. The third-order valence-electron chi connectivity index (χ3n) is 6.27. The first-order valence-corrected chi connectivity index (χ1v) is 12.1. The Morgan fingerprint density at radius 3 is 2.10 bits per heavy atom. The van der Waals surface area contributed by atoms with Crippen LogP contribution in [0.25, 0.3) is 0 Å². The Balaban J connectivity index is 1.70. The molecule has 0 aromatic heterocycles. The molecule has 4 nitrogen and oxygen atoms in total. The summed E-state index contributed by atoms with van der Waals surface area (Å²) in [6, 6.07) is 20.8. The molecule has 2 aliphatic rings. The van der Waals surface area contributed by atoms with Crippen molar-refractivity contribution in [2.75, 3.05) is 0 Å². The Labute approximate surface area is 174 Å². The van der Waals surface area contributed by atoms with E-state index in [1.54, 1.807) is 0 Å². The van der Waals surface area contributed by atoms with E-state index >= 15 is 0 Å². The van der Waals surface area contributed by atoms with Crippen LogP contribution in [0.1, 0.15) is 33.6 Å². The Bertz CT molecular complexity index is 793. The Morgan fingerprint density at radius 2 is 1.59 bits per heavy atom. The summed E-state index contributed by atoms with van der Waals surface area (Å²) in [5.41, 5.74) is -0.180. The van der Waals surface area contributed by atoms with E-state index in [1.165, 1.54) is 10.4 Å². The number of carbonyl (C=O) groups excluding carboxylic acids is 1. The van der Waals surface area contributed by atoms with E-state index in [2.05, 4.69) is 69.3 Å². The van der Waals surface area contributed by atoms with Gasteiger partial charge in [-0.05, 0) is 15.8 Å². The van der Waals surface area contributed by atoms with Gasteiger partial charge in [-0.15, -0.1) is 0 Å². The molecule has 5 atom stereocenters. The van der Waals surface area contributed by atoms with Crippen molar-refractivity contribution in [2.24, 2.45) is 17.3 Å². The number of ether oxygens (including phenoxy) is 1. The maximum absolute atomic E-state index is 11.9. The van der Waals surface area contributed by atoms with Gasteiger partial charge in [-0.1, -0.05) is 81.4 Å². The number of carbonyl (C=O) groups is 1. The monoisotopic (exact) mass is 410 g/mol. The SMILES string of the molecule is CC(C)(C)C(O[SiH](c1ccccc1)c1ccccc1)[C@H]1[C@H]2CC(=O)O[C@H]2C[C@H]1O. The van der Waals surface area contributed by atoms with Crippen LogP contribution in [0.15, 0.2) is 60.7 Å². The van der Waals surface area contributed by atoms with E-state index in [9.17, 15) is 9.90 Å². The molecule has 1 unspecified atom stereocenters. The molecule has 0 amide bonds. The number of esters is 1. The van der Waals surface area contributed by atoms with E-state index in [0.717, 1.165) is 0 Å². The summed E-state index contributed by atoms with van der Waals surface area (Å²) in [6.07, 6.45) is 0.0395. The summed E-state index contributed by atoms with van der Waals surface area (Å²) >= 11 is 0. The molecule has 1 aliphatic carbocycles. The lowest BCUT2D eigenvalue weighted by atomic mass is 9.75. The fourth-order valence-corrected chi connectivity index (χ4v) is 7.69. The minimum Gasteiger partial charge on any atom is -0.462 e. The van der Waals surface area contributed by atoms with Crippen LogP contribution in [0, 0.1) is 17.3 Å². The van der Waals surface area contributed by atoms with Crippen molar-refractivity contribution in [2.45, 2.75) is 51.9 Å². The van der Waals surface area contributed by atoms with Gasteiger partial charge in [0.05, 0.1) is 18.6 Å². The molecule has 1 saturated heterocycles. The van der Waals surface area contributed by atoms with E-state index in [-0.39, 0.29) is 35.4 Å². The molecule has 0 bridgehead atoms. The van der Waals surface area contributed by atoms with Crippen LogP contribution >= 0.6 is 0 Å². The van der Waals surface area contributed by atoms with Crippen LogP contribution in [0.3, 0.4) is 0 Å². The highest BCUT2D eigenvalue weighted by Gasteiger charge is 2.55. The third kappa shape index (κ3) is 4.18. The number of hydrogen-bond acceptors (Lipinski definition) is 4. The van der Waals surface area contributed by atoms with Gasteiger partial charge < -0.3 is 14.3 Å². The van der Waals surface area contributed by atoms with Gasteiger partial charge in [-0.2, -0.15) is 0 Å². The largest absolute Gasteiger partial charge is 0.462 e. The van der Waals surface area contributed by atoms with E-state index in [4.69, 9.17) is 9.16 Å². The number of fused-ring (bicyclic) bond motifs is 1. The van der Waals surface area contributed by atoms with Crippen LogP contribution in [-0.2, 0) is 14.0 Å². The highest BCUT2D eigenvalue weighted by Crippen LogP contribution is 2.47. The standard InChI is InChI=1S/C24H30O4Si/c1-24(2,3)23(22-18-14-21(26)27-20(18)15-19(22)25)28-29(16-10-6-4-7-11-16)17-12-8-5-9-13-17/h4-13,18-20,22-23,25,29H,14-15H2,1-3H3/t18-,19+,20-,22-,23?/m0/s1. The van der Waals surface area contributed by atoms with Crippen molar-refractivity contribution in [3.8, 4) is 0 Å². The first-order chi connectivity index (χ1) is 13.8. The fourth-order valence-electron chi connectivity index (χ4n) is 4.97. The van der Waals surface area contributed by atoms with Crippen LogP contribution in [0.2, 0.25) is 0 Å². The zero-order chi connectivity index (χ0) is 20.6. The Kier molecular flexibility index (Phi) is 5.64. The number of rotatable bonds is 5. The Morgan fingerprint density at radius 1 is 1.03 bits per heavy atom. The number of aliphatic hydroxyl groups is 1. The molecule has 29 heavy (non-hydrogen) atoms. The second-order valence-corrected chi connectivity index (χ2v) is 11.8. The zero-order valence-corrected chi connectivity index (χ0v) is 18.5. The second-order valence-electron chi connectivity index (χ2n) is 9.40. The van der Waals surface area contributed by atoms with Gasteiger partial charge in [-0.3, -0.25) is 4.79 Å². The average Bonchev–Trinajstić information content (AvgIpc) is 3.18. The molecule has 1 aliphatic heterocycles. The molecule has 2 aromatic rings. The van der Waals surface area contributed by atoms with Crippen molar-refractivity contribution in [3.05, 3.63) is 60.7 Å². The van der Waals surface area contributed by atoms with Gasteiger partial charge in [-0.25, -0.2) is 0 Å². The van der Waals surface area contributed by atoms with E-state index in [1.807, 2.05) is 12.1 Å². The third-order valence-corrected chi connectivity index (χ3v) is 8.81. The smallest absolute Gasteiger partial charge is 0.306 e. The predicted octanol–water partition coefficient (Wildman–Crippen LogP) is 2.27. The quantitative estimate of drug-likeness (QED) is 0.607. The lowest BCUT2D eigenvalue weighted by Gasteiger charge is -2.41. The molecule has 154 valence electrons. The first-order valence-electron chi connectivity index (χ1n) is 10.5. The normalized spacial score (nSPS) is 27.7. The maximum atomic E-state index is 11.9. The number of benzene rings is 2. The highest BCUT2D eigenvalue weighted by molar-refractivity contribution is 6.80. The lowest BCUT2D eigenvalue weighted by Crippen LogP contribution is -2.53. The predicted molar refractivity (Wildman–Crippen MR) is 116 cm³/mol. The van der Waals surface area contributed by atoms with Gasteiger partial charge in [0.25, 0.3) is 0 Å². The molecule has 2 aromatic carbocycles. The minimum absolute atomic E-state index is 0.0305. The number of aliphatic hydroxyl groups excluding tert-OH is 1. The van der Waals surface area contributed by atoms with Crippen molar-refractivity contribution in [1.82, 2.24) is 0 Å². The number of hydrogen-bond donors (Lipinski definition) is 1. The molecule has 0 spiro atoms. The maximum Gasteiger partial charge on any atom is 0.306 e. The molecular formula is C24H30O4Si. The fraction of sp³-hybridized carbons (Fsp3) is 0.458. The van der Waals surface area contributed by atoms with Gasteiger partial charge in [0.15, 0.2) is 0 Å². The van der Waals surface area contributed by atoms with E-state index in [0.29, 0.717) is 12.8 Å². The molecule has 1 saturated carbocycles. The van der Waals surface area contributed by atoms with Crippen LogP contribution in [0.5, 0.6) is 0 Å². The summed E-state index contributed by atoms with van der Waals surface area (Å²) in [7, 11) is -1.98.